The van der Waals surface area contributed by atoms with Crippen LogP contribution in [0.3, 0.4) is 0 Å². The van der Waals surface area contributed by atoms with Gasteiger partial charge in [-0.05, 0) is 30.7 Å². The number of hydrogen-bond donors (Lipinski definition) is 1. The maximum Gasteiger partial charge on any atom is 0.419 e. The van der Waals surface area contributed by atoms with Gasteiger partial charge in [0.15, 0.2) is 0 Å². The summed E-state index contributed by atoms with van der Waals surface area (Å²) in [6.45, 7) is 3.02. The summed E-state index contributed by atoms with van der Waals surface area (Å²) in [7, 11) is 0. The molecule has 0 spiro atoms. The molecule has 2 aromatic heterocycles. The molecule has 2 N–H and O–H groups in total. The maximum atomic E-state index is 13.2. The fourth-order valence-corrected chi connectivity index (χ4v) is 5.27. The molecule has 5 rings (SSSR count). The molecule has 0 amide bonds. The van der Waals surface area contributed by atoms with Crippen molar-refractivity contribution in [2.45, 2.75) is 43.7 Å². The lowest BCUT2D eigenvalue weighted by Crippen LogP contribution is -2.39. The van der Waals surface area contributed by atoms with E-state index in [1.165, 1.54) is 10.8 Å². The number of pyridine rings is 1. The van der Waals surface area contributed by atoms with Crippen molar-refractivity contribution in [2.75, 3.05) is 32.0 Å². The van der Waals surface area contributed by atoms with Crippen molar-refractivity contribution in [2.24, 2.45) is 11.8 Å². The number of ether oxygens (including phenoxy) is 1. The van der Waals surface area contributed by atoms with Crippen molar-refractivity contribution in [1.82, 2.24) is 19.4 Å². The Hall–Kier alpha value is -2.34. The van der Waals surface area contributed by atoms with E-state index < -0.39 is 30.2 Å². The van der Waals surface area contributed by atoms with Gasteiger partial charge < -0.3 is 15.0 Å². The Morgan fingerprint density at radius 3 is 2.33 bits per heavy atom. The molecule has 4 heterocycles. The number of anilines is 1. The van der Waals surface area contributed by atoms with E-state index in [1.807, 2.05) is 0 Å². The number of nitrogens with zero attached hydrogens (tertiary/aromatic N) is 4. The molecule has 2 aliphatic heterocycles. The van der Waals surface area contributed by atoms with Gasteiger partial charge in [0.1, 0.15) is 18.1 Å². The second-order valence-corrected chi connectivity index (χ2v) is 9.01. The largest absolute Gasteiger partial charge is 0.419 e. The summed E-state index contributed by atoms with van der Waals surface area (Å²) in [6.07, 6.45) is -6.04. The van der Waals surface area contributed by atoms with Gasteiger partial charge in [0.05, 0.1) is 11.3 Å². The lowest BCUT2D eigenvalue weighted by molar-refractivity contribution is -0.137. The molecule has 0 unspecified atom stereocenters. The summed E-state index contributed by atoms with van der Waals surface area (Å²) >= 11 is 0. The van der Waals surface area contributed by atoms with Crippen molar-refractivity contribution in [1.29, 1.82) is 0 Å². The summed E-state index contributed by atoms with van der Waals surface area (Å²) < 4.78 is 86.3. The van der Waals surface area contributed by atoms with Crippen LogP contribution in [-0.4, -0.2) is 58.0 Å². The van der Waals surface area contributed by atoms with Gasteiger partial charge in [-0.2, -0.15) is 26.3 Å². The Balaban J connectivity index is 1.41. The number of halogens is 6. The molecule has 0 bridgehead atoms. The first-order valence-corrected chi connectivity index (χ1v) is 10.8. The zero-order valence-corrected chi connectivity index (χ0v) is 17.5. The Bertz CT molecular complexity index is 1020. The lowest BCUT2D eigenvalue weighted by atomic mass is 10.1. The topological polar surface area (TPSA) is 69.2 Å². The predicted octanol–water partition coefficient (Wildman–Crippen LogP) is 3.93. The number of rotatable bonds is 4. The Labute approximate surface area is 185 Å². The number of likely N-dealkylation sites (tertiary alicyclic amines) is 1. The molecule has 0 aromatic carbocycles. The summed E-state index contributed by atoms with van der Waals surface area (Å²) in [4.78, 5) is 10.0. The molecule has 2 aromatic rings. The number of hydrogen-bond acceptors (Lipinski definition) is 5. The van der Waals surface area contributed by atoms with Gasteiger partial charge in [-0.1, -0.05) is 0 Å². The molecular formula is C21H23F6N5O. The molecule has 3 atom stereocenters. The minimum Gasteiger partial charge on any atom is -0.383 e. The number of aromatic nitrogens is 3. The second kappa shape index (κ2) is 7.86. The SMILES string of the molecule is Nc1ncc(-c2cn([C@H]3[C@@H]4CN(C5CCOCC5)C[C@@H]43)c(CC(F)(F)F)n2)cc1C(F)(F)F. The quantitative estimate of drug-likeness (QED) is 0.679. The first-order valence-electron chi connectivity index (χ1n) is 10.8. The number of nitrogens with two attached hydrogens (primary N) is 1. The first-order chi connectivity index (χ1) is 15.5. The van der Waals surface area contributed by atoms with E-state index in [1.54, 1.807) is 0 Å². The van der Waals surface area contributed by atoms with E-state index in [0.717, 1.165) is 51.4 Å². The van der Waals surface area contributed by atoms with Crippen LogP contribution in [0, 0.1) is 11.8 Å². The van der Waals surface area contributed by atoms with Crippen molar-refractivity contribution < 1.29 is 31.1 Å². The highest BCUT2D eigenvalue weighted by molar-refractivity contribution is 5.62. The molecular weight excluding hydrogens is 452 g/mol. The summed E-state index contributed by atoms with van der Waals surface area (Å²) in [5.41, 5.74) is 4.22. The second-order valence-electron chi connectivity index (χ2n) is 9.01. The Morgan fingerprint density at radius 1 is 1.06 bits per heavy atom. The number of nitrogen functional groups attached to an aromatic ring is 1. The summed E-state index contributed by atoms with van der Waals surface area (Å²) in [5.74, 6) is -0.472. The third-order valence-corrected chi connectivity index (χ3v) is 6.89. The third-order valence-electron chi connectivity index (χ3n) is 6.89. The van der Waals surface area contributed by atoms with Gasteiger partial charge in [0.2, 0.25) is 0 Å². The highest BCUT2D eigenvalue weighted by Gasteiger charge is 2.58. The molecule has 0 radical (unpaired) electrons. The van der Waals surface area contributed by atoms with Gasteiger partial charge in [-0.25, -0.2) is 9.97 Å². The van der Waals surface area contributed by atoms with E-state index in [-0.39, 0.29) is 35.0 Å². The van der Waals surface area contributed by atoms with Crippen molar-refractivity contribution in [3.63, 3.8) is 0 Å². The fourth-order valence-electron chi connectivity index (χ4n) is 5.27. The molecule has 3 fully saturated rings. The van der Waals surface area contributed by atoms with E-state index in [2.05, 4.69) is 14.9 Å². The molecule has 1 aliphatic carbocycles. The third kappa shape index (κ3) is 4.42. The molecule has 3 aliphatic rings. The summed E-state index contributed by atoms with van der Waals surface area (Å²) in [5, 5.41) is 0. The monoisotopic (exact) mass is 475 g/mol. The van der Waals surface area contributed by atoms with E-state index in [0.29, 0.717) is 6.04 Å². The van der Waals surface area contributed by atoms with Crippen molar-refractivity contribution >= 4 is 5.82 Å². The number of imidazole rings is 1. The number of piperidine rings is 1. The van der Waals surface area contributed by atoms with Crippen LogP contribution in [0.25, 0.3) is 11.3 Å². The van der Waals surface area contributed by atoms with E-state index in [9.17, 15) is 26.3 Å². The highest BCUT2D eigenvalue weighted by atomic mass is 19.4. The summed E-state index contributed by atoms with van der Waals surface area (Å²) in [6, 6.07) is 1.08. The number of alkyl halides is 6. The normalized spacial score (nSPS) is 26.5. The average molecular weight is 475 g/mol. The maximum absolute atomic E-state index is 13.2. The Kier molecular flexibility index (Phi) is 5.35. The highest BCUT2D eigenvalue weighted by Crippen LogP contribution is 2.56. The standard InChI is InChI=1S/C21H23F6N5O/c22-20(23,24)6-17-30-16(11-5-15(21(25,26)27)19(28)29-7-11)10-32(17)18-13-8-31(9-14(13)18)12-1-3-33-4-2-12/h5,7,10,12-14,18H,1-4,6,8-9H2,(H2,28,29)/t13-,14+,18+. The van der Waals surface area contributed by atoms with Crippen LogP contribution >= 0.6 is 0 Å². The molecule has 6 nitrogen and oxygen atoms in total. The Morgan fingerprint density at radius 2 is 1.73 bits per heavy atom. The molecule has 2 saturated heterocycles. The van der Waals surface area contributed by atoms with Crippen LogP contribution in [-0.2, 0) is 17.3 Å². The van der Waals surface area contributed by atoms with Gasteiger partial charge in [0.25, 0.3) is 0 Å². The first kappa shape index (κ1) is 22.5. The number of fused-ring (bicyclic) bond motifs is 1. The van der Waals surface area contributed by atoms with Crippen LogP contribution in [0.15, 0.2) is 18.5 Å². The minimum atomic E-state index is -4.73. The van der Waals surface area contributed by atoms with Crippen LogP contribution in [0.1, 0.15) is 30.3 Å². The van der Waals surface area contributed by atoms with Crippen LogP contribution < -0.4 is 5.73 Å². The van der Waals surface area contributed by atoms with Crippen LogP contribution in [0.4, 0.5) is 32.2 Å². The lowest BCUT2D eigenvalue weighted by Gasteiger charge is -2.32. The fraction of sp³-hybridized carbons (Fsp3) is 0.619. The molecule has 33 heavy (non-hydrogen) atoms. The van der Waals surface area contributed by atoms with Crippen molar-refractivity contribution in [3.8, 4) is 11.3 Å². The van der Waals surface area contributed by atoms with Gasteiger partial charge in [-0.15, -0.1) is 0 Å². The minimum absolute atomic E-state index is 0.0201. The van der Waals surface area contributed by atoms with Gasteiger partial charge in [0, 0.05) is 56.3 Å². The zero-order chi connectivity index (χ0) is 23.5. The zero-order valence-electron chi connectivity index (χ0n) is 17.5. The molecule has 180 valence electrons. The van der Waals surface area contributed by atoms with Gasteiger partial charge in [-0.3, -0.25) is 4.90 Å². The van der Waals surface area contributed by atoms with Crippen molar-refractivity contribution in [3.05, 3.63) is 29.8 Å². The predicted molar refractivity (Wildman–Crippen MR) is 106 cm³/mol. The van der Waals surface area contributed by atoms with Crippen LogP contribution in [0.5, 0.6) is 0 Å². The van der Waals surface area contributed by atoms with E-state index in [4.69, 9.17) is 10.5 Å². The average Bonchev–Trinajstić information content (AvgIpc) is 3.06. The van der Waals surface area contributed by atoms with E-state index >= 15 is 0 Å². The molecule has 12 heteroatoms. The molecule has 1 saturated carbocycles. The van der Waals surface area contributed by atoms with Crippen LogP contribution in [0.2, 0.25) is 0 Å². The smallest absolute Gasteiger partial charge is 0.383 e. The van der Waals surface area contributed by atoms with Gasteiger partial charge >= 0.3 is 12.4 Å².